The van der Waals surface area contributed by atoms with Crippen molar-refractivity contribution in [3.05, 3.63) is 102 Å². The molecular weight excluding hydrogens is 468 g/mol. The van der Waals surface area contributed by atoms with E-state index in [1.54, 1.807) is 6.20 Å². The lowest BCUT2D eigenvalue weighted by atomic mass is 9.89. The molecule has 8 heteroatoms. The first-order chi connectivity index (χ1) is 17.9. The van der Waals surface area contributed by atoms with Crippen molar-refractivity contribution in [2.24, 2.45) is 5.92 Å². The number of anilines is 1. The van der Waals surface area contributed by atoms with Crippen molar-refractivity contribution in [1.29, 1.82) is 0 Å². The van der Waals surface area contributed by atoms with E-state index >= 15 is 0 Å². The summed E-state index contributed by atoms with van der Waals surface area (Å²) in [6.07, 6.45) is 1.59. The van der Waals surface area contributed by atoms with Gasteiger partial charge in [-0.1, -0.05) is 66.7 Å². The summed E-state index contributed by atoms with van der Waals surface area (Å²) in [5, 5.41) is 16.8. The van der Waals surface area contributed by atoms with E-state index in [4.69, 9.17) is 0 Å². The molecular formula is C29H26N4O4. The van der Waals surface area contributed by atoms with Gasteiger partial charge in [-0.15, -0.1) is 0 Å². The highest BCUT2D eigenvalue weighted by Gasteiger charge is 2.41. The summed E-state index contributed by atoms with van der Waals surface area (Å²) in [6, 6.07) is 27.0. The van der Waals surface area contributed by atoms with E-state index in [0.717, 1.165) is 11.3 Å². The molecule has 37 heavy (non-hydrogen) atoms. The van der Waals surface area contributed by atoms with Gasteiger partial charge < -0.3 is 15.3 Å². The van der Waals surface area contributed by atoms with Crippen LogP contribution in [0.25, 0.3) is 16.8 Å². The molecule has 1 aliphatic heterocycles. The second-order valence-electron chi connectivity index (χ2n) is 9.11. The van der Waals surface area contributed by atoms with E-state index in [1.165, 1.54) is 27.6 Å². The van der Waals surface area contributed by atoms with Crippen molar-refractivity contribution < 1.29 is 19.5 Å². The fraction of sp³-hybridized carbons (Fsp3) is 0.172. The summed E-state index contributed by atoms with van der Waals surface area (Å²) in [4.78, 5) is 38.4. The van der Waals surface area contributed by atoms with Crippen molar-refractivity contribution in [3.8, 4) is 16.8 Å². The average Bonchev–Trinajstić information content (AvgIpc) is 3.28. The molecule has 0 spiro atoms. The smallest absolute Gasteiger partial charge is 0.308 e. The number of aromatic nitrogens is 2. The van der Waals surface area contributed by atoms with Crippen molar-refractivity contribution in [2.45, 2.75) is 12.8 Å². The van der Waals surface area contributed by atoms with Gasteiger partial charge in [0, 0.05) is 25.9 Å². The molecule has 2 N–H and O–H groups in total. The van der Waals surface area contributed by atoms with Crippen molar-refractivity contribution in [3.63, 3.8) is 0 Å². The Labute approximate surface area is 214 Å². The van der Waals surface area contributed by atoms with Crippen LogP contribution < -0.4 is 5.32 Å². The number of likely N-dealkylation sites (tertiary alicyclic amines) is 1. The maximum absolute atomic E-state index is 13.3. The van der Waals surface area contributed by atoms with E-state index in [2.05, 4.69) is 34.7 Å². The van der Waals surface area contributed by atoms with Gasteiger partial charge in [0.05, 0.1) is 23.5 Å². The number of carbonyl (C=O) groups excluding carboxylic acids is 2. The van der Waals surface area contributed by atoms with Crippen LogP contribution in [-0.2, 0) is 9.59 Å². The monoisotopic (exact) mass is 494 g/mol. The summed E-state index contributed by atoms with van der Waals surface area (Å²) in [7, 11) is 0. The van der Waals surface area contributed by atoms with Crippen LogP contribution in [0.1, 0.15) is 28.9 Å². The second-order valence-corrected chi connectivity index (χ2v) is 9.11. The number of fused-ring (bicyclic) bond motifs is 1. The van der Waals surface area contributed by atoms with Gasteiger partial charge in [0.15, 0.2) is 5.69 Å². The highest BCUT2D eigenvalue weighted by atomic mass is 16.4. The Bertz CT molecular complexity index is 1430. The summed E-state index contributed by atoms with van der Waals surface area (Å²) in [5.41, 5.74) is 4.83. The molecule has 2 amide bonds. The standard InChI is InChI=1S/C23H22N4O4.C6H4/c1-15(28)24-20-14-27(17-10-6-3-7-11-17)25-21(20)22(29)26-12-18(19(13-26)23(30)31)16-8-4-2-5-9-16;1-2-5-4-6(5)3-1/h2-11,14,18-19H,12-13H2,1H3,(H,24,28)(H,30,31);1-4H/t18-,19+;/m0./s1. The summed E-state index contributed by atoms with van der Waals surface area (Å²) >= 11 is 0. The maximum Gasteiger partial charge on any atom is 0.308 e. The fourth-order valence-electron chi connectivity index (χ4n) is 4.61. The number of carboxylic acids is 1. The van der Waals surface area contributed by atoms with Gasteiger partial charge in [-0.25, -0.2) is 4.68 Å². The predicted octanol–water partition coefficient (Wildman–Crippen LogP) is 4.44. The van der Waals surface area contributed by atoms with Crippen molar-refractivity contribution >= 4 is 23.5 Å². The molecule has 1 aromatic heterocycles. The lowest BCUT2D eigenvalue weighted by Crippen LogP contribution is -2.31. The zero-order valence-corrected chi connectivity index (χ0v) is 20.2. The molecule has 1 saturated heterocycles. The van der Waals surface area contributed by atoms with E-state index in [0.29, 0.717) is 0 Å². The normalized spacial score (nSPS) is 16.9. The minimum atomic E-state index is -0.943. The highest BCUT2D eigenvalue weighted by Crippen LogP contribution is 2.34. The second kappa shape index (κ2) is 10.1. The minimum absolute atomic E-state index is 0.0748. The Balaban J connectivity index is 0.000000403. The van der Waals surface area contributed by atoms with Gasteiger partial charge in [0.25, 0.3) is 5.91 Å². The topological polar surface area (TPSA) is 105 Å². The van der Waals surface area contributed by atoms with Gasteiger partial charge in [0.1, 0.15) is 0 Å². The Morgan fingerprint density at radius 1 is 0.892 bits per heavy atom. The number of carbonyl (C=O) groups is 3. The van der Waals surface area contributed by atoms with Crippen molar-refractivity contribution in [2.75, 3.05) is 18.4 Å². The van der Waals surface area contributed by atoms with Crippen LogP contribution in [0.15, 0.2) is 91.1 Å². The fourth-order valence-corrected chi connectivity index (χ4v) is 4.61. The van der Waals surface area contributed by atoms with Gasteiger partial charge in [-0.2, -0.15) is 5.10 Å². The molecule has 0 bridgehead atoms. The molecule has 2 aromatic carbocycles. The van der Waals surface area contributed by atoms with Crippen LogP contribution in [0.3, 0.4) is 0 Å². The SMILES string of the molecule is CC(=O)Nc1cn(-c2ccccc2)nc1C(=O)N1C[C@@H](C(=O)O)[C@H](c2ccccc2)C1.c1cc2cc-2c1. The molecule has 6 rings (SSSR count). The number of nitrogens with zero attached hydrogens (tertiary/aromatic N) is 3. The molecule has 0 radical (unpaired) electrons. The minimum Gasteiger partial charge on any atom is -0.481 e. The first-order valence-corrected chi connectivity index (χ1v) is 12.0. The molecule has 2 heterocycles. The summed E-state index contributed by atoms with van der Waals surface area (Å²) < 4.78 is 1.53. The van der Waals surface area contributed by atoms with E-state index in [9.17, 15) is 19.5 Å². The molecule has 2 atom stereocenters. The summed E-state index contributed by atoms with van der Waals surface area (Å²) in [5.74, 6) is -2.72. The lowest BCUT2D eigenvalue weighted by molar-refractivity contribution is -0.141. The van der Waals surface area contributed by atoms with E-state index in [1.807, 2.05) is 60.7 Å². The number of carboxylic acid groups (broad SMARTS) is 1. The third kappa shape index (κ3) is 5.28. The van der Waals surface area contributed by atoms with Crippen LogP contribution in [0, 0.1) is 5.92 Å². The number of nitrogens with one attached hydrogen (secondary N) is 1. The largest absolute Gasteiger partial charge is 0.481 e. The number of benzene rings is 3. The summed E-state index contributed by atoms with van der Waals surface area (Å²) in [6.45, 7) is 1.69. The van der Waals surface area contributed by atoms with Gasteiger partial charge in [-0.05, 0) is 34.9 Å². The van der Waals surface area contributed by atoms with Crippen LogP contribution in [-0.4, -0.2) is 50.7 Å². The quantitative estimate of drug-likeness (QED) is 0.376. The van der Waals surface area contributed by atoms with E-state index in [-0.39, 0.29) is 36.3 Å². The molecule has 0 saturated carbocycles. The number of hydrogen-bond donors (Lipinski definition) is 2. The zero-order chi connectivity index (χ0) is 25.9. The average molecular weight is 495 g/mol. The molecule has 1 fully saturated rings. The molecule has 3 aromatic rings. The Morgan fingerprint density at radius 3 is 2.08 bits per heavy atom. The third-order valence-electron chi connectivity index (χ3n) is 6.51. The first kappa shape index (κ1) is 24.0. The molecule has 3 aliphatic rings. The molecule has 8 nitrogen and oxygen atoms in total. The maximum atomic E-state index is 13.3. The number of aliphatic carboxylic acids is 1. The lowest BCUT2D eigenvalue weighted by Gasteiger charge is -2.16. The Kier molecular flexibility index (Phi) is 6.55. The Morgan fingerprint density at radius 2 is 1.54 bits per heavy atom. The van der Waals surface area contributed by atoms with Crippen molar-refractivity contribution in [1.82, 2.24) is 14.7 Å². The predicted molar refractivity (Wildman–Crippen MR) is 140 cm³/mol. The number of hydrogen-bond acceptors (Lipinski definition) is 4. The molecule has 0 unspecified atom stereocenters. The molecule has 186 valence electrons. The van der Waals surface area contributed by atoms with Gasteiger partial charge in [-0.3, -0.25) is 14.4 Å². The molecule has 2 aliphatic carbocycles. The Hall–Kier alpha value is -4.72. The van der Waals surface area contributed by atoms with Gasteiger partial charge in [0.2, 0.25) is 5.91 Å². The van der Waals surface area contributed by atoms with Crippen LogP contribution >= 0.6 is 0 Å². The van der Waals surface area contributed by atoms with Crippen LogP contribution in [0.2, 0.25) is 0 Å². The first-order valence-electron chi connectivity index (χ1n) is 12.0. The number of para-hydroxylation sites is 1. The van der Waals surface area contributed by atoms with Crippen LogP contribution in [0.4, 0.5) is 5.69 Å². The zero-order valence-electron chi connectivity index (χ0n) is 20.2. The number of rotatable bonds is 5. The van der Waals surface area contributed by atoms with Gasteiger partial charge >= 0.3 is 5.97 Å². The van der Waals surface area contributed by atoms with Crippen LogP contribution in [0.5, 0.6) is 0 Å². The third-order valence-corrected chi connectivity index (χ3v) is 6.51. The van der Waals surface area contributed by atoms with E-state index < -0.39 is 17.8 Å². The highest BCUT2D eigenvalue weighted by molar-refractivity contribution is 6.02. The number of amides is 2.